The van der Waals surface area contributed by atoms with Crippen molar-refractivity contribution in [1.29, 1.82) is 0 Å². The van der Waals surface area contributed by atoms with E-state index in [9.17, 15) is 9.59 Å². The van der Waals surface area contributed by atoms with Crippen molar-refractivity contribution in [2.24, 2.45) is 0 Å². The molecule has 2 N–H and O–H groups in total. The molecule has 0 radical (unpaired) electrons. The number of benzene rings is 1. The highest BCUT2D eigenvalue weighted by molar-refractivity contribution is 5.91. The third-order valence-corrected chi connectivity index (χ3v) is 3.12. The average Bonchev–Trinajstić information content (AvgIpc) is 3.06. The number of hydrogen-bond donors (Lipinski definition) is 2. The lowest BCUT2D eigenvalue weighted by Gasteiger charge is -2.06. The van der Waals surface area contributed by atoms with Crippen LogP contribution in [0.15, 0.2) is 24.4 Å². The van der Waals surface area contributed by atoms with Crippen LogP contribution in [0, 0.1) is 0 Å². The first-order valence-corrected chi connectivity index (χ1v) is 6.83. The van der Waals surface area contributed by atoms with Crippen molar-refractivity contribution in [1.82, 2.24) is 15.0 Å². The molecule has 2 heterocycles. The molecule has 114 valence electrons. The summed E-state index contributed by atoms with van der Waals surface area (Å²) in [6, 6.07) is 5.55. The second-order valence-corrected chi connectivity index (χ2v) is 4.95. The Hall–Kier alpha value is -2.90. The van der Waals surface area contributed by atoms with Gasteiger partial charge < -0.3 is 15.4 Å². The van der Waals surface area contributed by atoms with Crippen molar-refractivity contribution in [3.05, 3.63) is 30.0 Å². The highest BCUT2D eigenvalue weighted by Gasteiger charge is 2.13. The molecule has 1 aliphatic rings. The lowest BCUT2D eigenvalue weighted by molar-refractivity contribution is -0.117. The minimum Gasteiger partial charge on any atom is -0.493 e. The molecule has 0 saturated carbocycles. The van der Waals surface area contributed by atoms with Crippen molar-refractivity contribution in [3.63, 3.8) is 0 Å². The summed E-state index contributed by atoms with van der Waals surface area (Å²) < 4.78 is 6.78. The number of nitrogens with zero attached hydrogens (tertiary/aromatic N) is 3. The van der Waals surface area contributed by atoms with E-state index in [1.54, 1.807) is 6.07 Å². The third kappa shape index (κ3) is 3.22. The summed E-state index contributed by atoms with van der Waals surface area (Å²) in [5.74, 6) is 0.721. The molecule has 0 fully saturated rings. The van der Waals surface area contributed by atoms with Crippen LogP contribution in [-0.2, 0) is 22.6 Å². The summed E-state index contributed by atoms with van der Waals surface area (Å²) in [6.07, 6.45) is 2.35. The maximum absolute atomic E-state index is 12.0. The van der Waals surface area contributed by atoms with Crippen LogP contribution in [0.1, 0.15) is 12.5 Å². The average molecular weight is 301 g/mol. The van der Waals surface area contributed by atoms with Gasteiger partial charge in [0, 0.05) is 19.0 Å². The molecular formula is C14H15N5O3. The fraction of sp³-hybridized carbons (Fsp3) is 0.286. The molecule has 0 saturated heterocycles. The van der Waals surface area contributed by atoms with E-state index in [4.69, 9.17) is 4.74 Å². The van der Waals surface area contributed by atoms with Gasteiger partial charge in [0.15, 0.2) is 5.82 Å². The summed E-state index contributed by atoms with van der Waals surface area (Å²) in [4.78, 5) is 22.9. The zero-order chi connectivity index (χ0) is 15.5. The second-order valence-electron chi connectivity index (χ2n) is 4.95. The standard InChI is InChI=1S/C14H15N5O3/c1-9(20)15-13-7-19(18-17-13)8-14(21)16-11-2-3-12-10(6-11)4-5-22-12/h2-3,6-7H,4-5,8H2,1H3,(H,15,20)(H,16,21). The number of ether oxygens (including phenoxy) is 1. The minimum atomic E-state index is -0.239. The van der Waals surface area contributed by atoms with Crippen LogP contribution in [-0.4, -0.2) is 33.4 Å². The molecule has 1 aromatic carbocycles. The maximum Gasteiger partial charge on any atom is 0.246 e. The number of aromatic nitrogens is 3. The van der Waals surface area contributed by atoms with E-state index in [1.807, 2.05) is 12.1 Å². The van der Waals surface area contributed by atoms with Crippen molar-refractivity contribution in [2.75, 3.05) is 17.2 Å². The normalized spacial score (nSPS) is 12.4. The zero-order valence-corrected chi connectivity index (χ0v) is 12.0. The van der Waals surface area contributed by atoms with Crippen LogP contribution in [0.5, 0.6) is 5.75 Å². The van der Waals surface area contributed by atoms with Gasteiger partial charge in [-0.05, 0) is 23.8 Å². The second kappa shape index (κ2) is 5.84. The van der Waals surface area contributed by atoms with Gasteiger partial charge in [-0.3, -0.25) is 9.59 Å². The van der Waals surface area contributed by atoms with Gasteiger partial charge in [-0.1, -0.05) is 5.21 Å². The Labute approximate surface area is 126 Å². The summed E-state index contributed by atoms with van der Waals surface area (Å²) >= 11 is 0. The molecule has 2 aromatic rings. The lowest BCUT2D eigenvalue weighted by atomic mass is 10.1. The van der Waals surface area contributed by atoms with Gasteiger partial charge in [-0.15, -0.1) is 5.10 Å². The summed E-state index contributed by atoms with van der Waals surface area (Å²) in [5, 5.41) is 12.8. The molecule has 0 spiro atoms. The molecule has 2 amide bonds. The Morgan fingerprint density at radius 2 is 2.23 bits per heavy atom. The van der Waals surface area contributed by atoms with E-state index < -0.39 is 0 Å². The lowest BCUT2D eigenvalue weighted by Crippen LogP contribution is -2.19. The molecule has 8 nitrogen and oxygen atoms in total. The van der Waals surface area contributed by atoms with Crippen molar-refractivity contribution < 1.29 is 14.3 Å². The maximum atomic E-state index is 12.0. The molecule has 1 aromatic heterocycles. The van der Waals surface area contributed by atoms with E-state index >= 15 is 0 Å². The van der Waals surface area contributed by atoms with Gasteiger partial charge in [0.05, 0.1) is 12.8 Å². The highest BCUT2D eigenvalue weighted by Crippen LogP contribution is 2.27. The summed E-state index contributed by atoms with van der Waals surface area (Å²) in [6.45, 7) is 2.07. The van der Waals surface area contributed by atoms with Gasteiger partial charge in [-0.25, -0.2) is 4.68 Å². The summed E-state index contributed by atoms with van der Waals surface area (Å²) in [7, 11) is 0. The van der Waals surface area contributed by atoms with E-state index in [2.05, 4.69) is 20.9 Å². The Morgan fingerprint density at radius 3 is 3.05 bits per heavy atom. The van der Waals surface area contributed by atoms with Crippen LogP contribution in [0.4, 0.5) is 11.5 Å². The molecule has 0 unspecified atom stereocenters. The van der Waals surface area contributed by atoms with Crippen LogP contribution >= 0.6 is 0 Å². The quantitative estimate of drug-likeness (QED) is 0.871. The number of anilines is 2. The van der Waals surface area contributed by atoms with E-state index in [-0.39, 0.29) is 18.4 Å². The number of rotatable bonds is 4. The molecule has 22 heavy (non-hydrogen) atoms. The third-order valence-electron chi connectivity index (χ3n) is 3.12. The first kappa shape index (κ1) is 14.1. The van der Waals surface area contributed by atoms with Crippen LogP contribution in [0.2, 0.25) is 0 Å². The van der Waals surface area contributed by atoms with Crippen molar-refractivity contribution >= 4 is 23.3 Å². The number of fused-ring (bicyclic) bond motifs is 1. The van der Waals surface area contributed by atoms with E-state index in [0.717, 1.165) is 23.4 Å². The Balaban J connectivity index is 1.60. The number of carbonyl (C=O) groups excluding carboxylic acids is 2. The van der Waals surface area contributed by atoms with Gasteiger partial charge >= 0.3 is 0 Å². The van der Waals surface area contributed by atoms with Crippen molar-refractivity contribution in [2.45, 2.75) is 19.9 Å². The molecule has 0 bridgehead atoms. The Morgan fingerprint density at radius 1 is 1.36 bits per heavy atom. The highest BCUT2D eigenvalue weighted by atomic mass is 16.5. The van der Waals surface area contributed by atoms with Gasteiger partial charge in [0.2, 0.25) is 11.8 Å². The molecule has 3 rings (SSSR count). The number of amides is 2. The first-order valence-electron chi connectivity index (χ1n) is 6.83. The first-order chi connectivity index (χ1) is 10.6. The van der Waals surface area contributed by atoms with Crippen LogP contribution in [0.3, 0.4) is 0 Å². The number of carbonyl (C=O) groups is 2. The smallest absolute Gasteiger partial charge is 0.246 e. The molecule has 1 aliphatic heterocycles. The largest absolute Gasteiger partial charge is 0.493 e. The minimum absolute atomic E-state index is 0.0141. The Bertz CT molecular complexity index is 725. The van der Waals surface area contributed by atoms with Gasteiger partial charge in [0.25, 0.3) is 0 Å². The van der Waals surface area contributed by atoms with Crippen molar-refractivity contribution in [3.8, 4) is 5.75 Å². The van der Waals surface area contributed by atoms with E-state index in [0.29, 0.717) is 12.4 Å². The van der Waals surface area contributed by atoms with Gasteiger partial charge in [0.1, 0.15) is 12.3 Å². The van der Waals surface area contributed by atoms with Gasteiger partial charge in [-0.2, -0.15) is 0 Å². The SMILES string of the molecule is CC(=O)Nc1cn(CC(=O)Nc2ccc3c(c2)CCO3)nn1. The molecule has 8 heteroatoms. The predicted octanol–water partition coefficient (Wildman–Crippen LogP) is 0.810. The number of hydrogen-bond acceptors (Lipinski definition) is 5. The van der Waals surface area contributed by atoms with Crippen LogP contribution < -0.4 is 15.4 Å². The molecule has 0 aliphatic carbocycles. The monoisotopic (exact) mass is 301 g/mol. The Kier molecular flexibility index (Phi) is 3.73. The molecular weight excluding hydrogens is 286 g/mol. The zero-order valence-electron chi connectivity index (χ0n) is 12.0. The number of nitrogens with one attached hydrogen (secondary N) is 2. The molecule has 0 atom stereocenters. The van der Waals surface area contributed by atoms with Crippen LogP contribution in [0.25, 0.3) is 0 Å². The van der Waals surface area contributed by atoms with E-state index in [1.165, 1.54) is 17.8 Å². The fourth-order valence-corrected chi connectivity index (χ4v) is 2.23. The fourth-order valence-electron chi connectivity index (χ4n) is 2.23. The topological polar surface area (TPSA) is 98.1 Å². The predicted molar refractivity (Wildman–Crippen MR) is 78.6 cm³/mol. The summed E-state index contributed by atoms with van der Waals surface area (Å²) in [5.41, 5.74) is 1.81.